The molecule has 2 aromatic rings. The Morgan fingerprint density at radius 2 is 1.75 bits per heavy atom. The van der Waals surface area contributed by atoms with Crippen molar-refractivity contribution < 1.29 is 0 Å². The molecule has 0 amide bonds. The van der Waals surface area contributed by atoms with Gasteiger partial charge in [0.25, 0.3) is 0 Å². The van der Waals surface area contributed by atoms with Gasteiger partial charge >= 0.3 is 0 Å². The first-order valence-corrected chi connectivity index (χ1v) is 8.40. The molecule has 0 spiro atoms. The maximum Gasteiger partial charge on any atom is 0.0209 e. The van der Waals surface area contributed by atoms with Gasteiger partial charge in [-0.15, -0.1) is 11.3 Å². The Morgan fingerprint density at radius 3 is 2.25 bits per heavy atom. The third-order valence-corrected chi connectivity index (χ3v) is 5.51. The molecule has 0 aliphatic carbocycles. The molecule has 1 heterocycles. The molecular weight excluding hydrogens is 262 g/mol. The second-order valence-electron chi connectivity index (χ2n) is 5.35. The lowest BCUT2D eigenvalue weighted by Crippen LogP contribution is -2.47. The fraction of sp³-hybridized carbons (Fsp3) is 0.444. The van der Waals surface area contributed by atoms with Crippen LogP contribution in [0.5, 0.6) is 0 Å². The summed E-state index contributed by atoms with van der Waals surface area (Å²) in [6.07, 6.45) is 3.42. The average Bonchev–Trinajstić information content (AvgIpc) is 3.02. The zero-order chi connectivity index (χ0) is 14.4. The zero-order valence-electron chi connectivity index (χ0n) is 12.7. The number of rotatable bonds is 7. The second-order valence-corrected chi connectivity index (χ2v) is 6.39. The quantitative estimate of drug-likeness (QED) is 0.782. The summed E-state index contributed by atoms with van der Waals surface area (Å²) in [6.45, 7) is 4.63. The van der Waals surface area contributed by atoms with E-state index in [1.807, 2.05) is 11.3 Å². The molecule has 0 saturated carbocycles. The van der Waals surface area contributed by atoms with Gasteiger partial charge in [-0.3, -0.25) is 0 Å². The minimum atomic E-state index is 0.208. The molecular formula is C18H25NS. The standard InChI is InChI=1S/C18H25NS/c1-4-18(5-2,15-10-7-6-8-11-15)17(19-3)14-16-12-9-13-20-16/h6-13,17,19H,4-5,14H2,1-3H3. The molecule has 1 atom stereocenters. The number of nitrogens with one attached hydrogen (secondary N) is 1. The topological polar surface area (TPSA) is 12.0 Å². The molecule has 1 aromatic carbocycles. The van der Waals surface area contributed by atoms with Crippen LogP contribution in [-0.4, -0.2) is 13.1 Å². The van der Waals surface area contributed by atoms with Gasteiger partial charge < -0.3 is 5.32 Å². The molecule has 1 aromatic heterocycles. The van der Waals surface area contributed by atoms with Gasteiger partial charge in [-0.2, -0.15) is 0 Å². The van der Waals surface area contributed by atoms with E-state index in [0.29, 0.717) is 6.04 Å². The molecule has 108 valence electrons. The van der Waals surface area contributed by atoms with E-state index in [0.717, 1.165) is 19.3 Å². The fourth-order valence-corrected chi connectivity index (χ4v) is 4.08. The molecule has 1 N–H and O–H groups in total. The van der Waals surface area contributed by atoms with Crippen LogP contribution >= 0.6 is 11.3 Å². The van der Waals surface area contributed by atoms with Gasteiger partial charge in [0.15, 0.2) is 0 Å². The van der Waals surface area contributed by atoms with Gasteiger partial charge in [-0.05, 0) is 43.3 Å². The SMILES string of the molecule is CCC(CC)(c1ccccc1)C(Cc1cccs1)NC. The third kappa shape index (κ3) is 2.97. The minimum Gasteiger partial charge on any atom is -0.316 e. The van der Waals surface area contributed by atoms with E-state index in [-0.39, 0.29) is 5.41 Å². The first kappa shape index (κ1) is 15.3. The number of hydrogen-bond acceptors (Lipinski definition) is 2. The van der Waals surface area contributed by atoms with Crippen LogP contribution in [0.25, 0.3) is 0 Å². The van der Waals surface area contributed by atoms with Crippen molar-refractivity contribution in [1.82, 2.24) is 5.32 Å². The summed E-state index contributed by atoms with van der Waals surface area (Å²) in [5.41, 5.74) is 1.67. The molecule has 1 unspecified atom stereocenters. The van der Waals surface area contributed by atoms with Crippen molar-refractivity contribution in [2.45, 2.75) is 44.6 Å². The molecule has 0 bridgehead atoms. The minimum absolute atomic E-state index is 0.208. The van der Waals surface area contributed by atoms with Gasteiger partial charge in [-0.1, -0.05) is 50.2 Å². The van der Waals surface area contributed by atoms with Crippen LogP contribution in [0.1, 0.15) is 37.1 Å². The summed E-state index contributed by atoms with van der Waals surface area (Å²) in [6, 6.07) is 15.9. The maximum atomic E-state index is 3.59. The number of benzene rings is 1. The van der Waals surface area contributed by atoms with Crippen LogP contribution in [0.15, 0.2) is 47.8 Å². The summed E-state index contributed by atoms with van der Waals surface area (Å²) in [5.74, 6) is 0. The van der Waals surface area contributed by atoms with Gasteiger partial charge in [0.1, 0.15) is 0 Å². The maximum absolute atomic E-state index is 3.59. The summed E-state index contributed by atoms with van der Waals surface area (Å²) in [5, 5.41) is 5.76. The molecule has 0 radical (unpaired) electrons. The Kier molecular flexibility index (Phi) is 5.38. The molecule has 2 heteroatoms. The highest BCUT2D eigenvalue weighted by Crippen LogP contribution is 2.37. The average molecular weight is 287 g/mol. The van der Waals surface area contributed by atoms with E-state index < -0.39 is 0 Å². The van der Waals surface area contributed by atoms with E-state index >= 15 is 0 Å². The van der Waals surface area contributed by atoms with Crippen LogP contribution in [0, 0.1) is 0 Å². The Hall–Kier alpha value is -1.12. The van der Waals surface area contributed by atoms with Gasteiger partial charge in [0, 0.05) is 16.3 Å². The summed E-state index contributed by atoms with van der Waals surface area (Å²) in [7, 11) is 2.10. The molecule has 20 heavy (non-hydrogen) atoms. The molecule has 0 saturated heterocycles. The fourth-order valence-electron chi connectivity index (χ4n) is 3.33. The monoisotopic (exact) mass is 287 g/mol. The number of likely N-dealkylation sites (N-methyl/N-ethyl adjacent to an activating group) is 1. The van der Waals surface area contributed by atoms with E-state index in [2.05, 4.69) is 74.1 Å². The lowest BCUT2D eigenvalue weighted by atomic mass is 9.69. The molecule has 2 rings (SSSR count). The van der Waals surface area contributed by atoms with Crippen molar-refractivity contribution >= 4 is 11.3 Å². The highest BCUT2D eigenvalue weighted by Gasteiger charge is 2.36. The molecule has 0 aliphatic heterocycles. The number of hydrogen-bond donors (Lipinski definition) is 1. The van der Waals surface area contributed by atoms with Crippen LogP contribution < -0.4 is 5.32 Å². The van der Waals surface area contributed by atoms with Gasteiger partial charge in [0.05, 0.1) is 0 Å². The normalized spacial score (nSPS) is 13.3. The van der Waals surface area contributed by atoms with Gasteiger partial charge in [0.2, 0.25) is 0 Å². The van der Waals surface area contributed by atoms with Crippen LogP contribution in [-0.2, 0) is 11.8 Å². The zero-order valence-corrected chi connectivity index (χ0v) is 13.5. The summed E-state index contributed by atoms with van der Waals surface area (Å²) < 4.78 is 0. The molecule has 0 fully saturated rings. The third-order valence-electron chi connectivity index (χ3n) is 4.61. The number of thiophene rings is 1. The predicted molar refractivity (Wildman–Crippen MR) is 89.6 cm³/mol. The van der Waals surface area contributed by atoms with E-state index in [1.165, 1.54) is 10.4 Å². The van der Waals surface area contributed by atoms with E-state index in [4.69, 9.17) is 0 Å². The highest BCUT2D eigenvalue weighted by atomic mass is 32.1. The van der Waals surface area contributed by atoms with Crippen molar-refractivity contribution in [3.63, 3.8) is 0 Å². The Morgan fingerprint density at radius 1 is 1.05 bits per heavy atom. The Labute approximate surface area is 127 Å². The van der Waals surface area contributed by atoms with Crippen LogP contribution in [0.4, 0.5) is 0 Å². The lowest BCUT2D eigenvalue weighted by molar-refractivity contribution is 0.281. The van der Waals surface area contributed by atoms with Crippen molar-refractivity contribution in [1.29, 1.82) is 0 Å². The highest BCUT2D eigenvalue weighted by molar-refractivity contribution is 7.09. The summed E-state index contributed by atoms with van der Waals surface area (Å²) >= 11 is 1.86. The smallest absolute Gasteiger partial charge is 0.0209 e. The molecule has 0 aliphatic rings. The first-order valence-electron chi connectivity index (χ1n) is 7.52. The van der Waals surface area contributed by atoms with Crippen molar-refractivity contribution in [2.24, 2.45) is 0 Å². The lowest BCUT2D eigenvalue weighted by Gasteiger charge is -2.40. The largest absolute Gasteiger partial charge is 0.316 e. The Bertz CT molecular complexity index is 485. The van der Waals surface area contributed by atoms with Crippen molar-refractivity contribution in [3.8, 4) is 0 Å². The second kappa shape index (κ2) is 7.05. The summed E-state index contributed by atoms with van der Waals surface area (Å²) in [4.78, 5) is 1.46. The Balaban J connectivity index is 2.34. The molecule has 1 nitrogen and oxygen atoms in total. The van der Waals surface area contributed by atoms with E-state index in [1.54, 1.807) is 0 Å². The van der Waals surface area contributed by atoms with Crippen molar-refractivity contribution in [3.05, 3.63) is 58.3 Å². The van der Waals surface area contributed by atoms with Crippen molar-refractivity contribution in [2.75, 3.05) is 7.05 Å². The van der Waals surface area contributed by atoms with E-state index in [9.17, 15) is 0 Å². The van der Waals surface area contributed by atoms with Crippen LogP contribution in [0.3, 0.4) is 0 Å². The predicted octanol–water partition coefficient (Wildman–Crippen LogP) is 4.64. The first-order chi connectivity index (χ1) is 9.76. The van der Waals surface area contributed by atoms with Gasteiger partial charge in [-0.25, -0.2) is 0 Å². The van der Waals surface area contributed by atoms with Crippen LogP contribution in [0.2, 0.25) is 0 Å².